The minimum Gasteiger partial charge on any atom is -0.481 e. The first-order chi connectivity index (χ1) is 8.69. The van der Waals surface area contributed by atoms with Crippen molar-refractivity contribution in [3.05, 3.63) is 53.2 Å². The summed E-state index contributed by atoms with van der Waals surface area (Å²) < 4.78 is 5.09. The van der Waals surface area contributed by atoms with Crippen molar-refractivity contribution in [2.75, 3.05) is 12.4 Å². The summed E-state index contributed by atoms with van der Waals surface area (Å²) in [6.07, 6.45) is 1.71. The molecule has 1 N–H and O–H groups in total. The van der Waals surface area contributed by atoms with Crippen LogP contribution in [0.25, 0.3) is 0 Å². The highest BCUT2D eigenvalue weighted by Crippen LogP contribution is 2.23. The summed E-state index contributed by atoms with van der Waals surface area (Å²) in [5.74, 6) is 0.596. The van der Waals surface area contributed by atoms with Crippen molar-refractivity contribution in [2.45, 2.75) is 13.0 Å². The van der Waals surface area contributed by atoms with Crippen LogP contribution in [0.1, 0.15) is 18.5 Å². The Morgan fingerprint density at radius 2 is 2.11 bits per heavy atom. The molecular weight excluding hydrogens is 248 g/mol. The van der Waals surface area contributed by atoms with Crippen LogP contribution in [0.4, 0.5) is 5.69 Å². The third-order valence-electron chi connectivity index (χ3n) is 2.68. The topological polar surface area (TPSA) is 34.1 Å². The van der Waals surface area contributed by atoms with Crippen LogP contribution in [0, 0.1) is 0 Å². The van der Waals surface area contributed by atoms with E-state index in [1.807, 2.05) is 36.4 Å². The lowest BCUT2D eigenvalue weighted by Gasteiger charge is -2.16. The maximum Gasteiger partial charge on any atom is 0.214 e. The number of aromatic nitrogens is 1. The van der Waals surface area contributed by atoms with E-state index in [1.54, 1.807) is 13.3 Å². The molecule has 2 rings (SSSR count). The summed E-state index contributed by atoms with van der Waals surface area (Å²) in [6, 6.07) is 11.7. The smallest absolute Gasteiger partial charge is 0.214 e. The molecule has 3 nitrogen and oxygen atoms in total. The molecule has 1 atom stereocenters. The predicted octanol–water partition coefficient (Wildman–Crippen LogP) is 3.92. The van der Waals surface area contributed by atoms with E-state index in [0.29, 0.717) is 5.88 Å². The maximum atomic E-state index is 5.98. The van der Waals surface area contributed by atoms with E-state index in [4.69, 9.17) is 16.3 Å². The molecule has 0 aliphatic carbocycles. The third kappa shape index (κ3) is 3.14. The quantitative estimate of drug-likeness (QED) is 0.907. The van der Waals surface area contributed by atoms with E-state index in [-0.39, 0.29) is 6.04 Å². The van der Waals surface area contributed by atoms with Gasteiger partial charge in [0.2, 0.25) is 5.88 Å². The van der Waals surface area contributed by atoms with Gasteiger partial charge in [0, 0.05) is 29.0 Å². The predicted molar refractivity (Wildman–Crippen MR) is 74.3 cm³/mol. The Hall–Kier alpha value is -1.74. The number of rotatable bonds is 4. The molecule has 0 aliphatic heterocycles. The van der Waals surface area contributed by atoms with Crippen molar-refractivity contribution in [1.29, 1.82) is 0 Å². The third-order valence-corrected chi connectivity index (χ3v) is 2.91. The van der Waals surface area contributed by atoms with Crippen LogP contribution in [0.2, 0.25) is 5.02 Å². The average molecular weight is 263 g/mol. The molecular formula is C14H15ClN2O. The molecule has 1 aromatic carbocycles. The minimum absolute atomic E-state index is 0.163. The lowest BCUT2D eigenvalue weighted by atomic mass is 10.1. The summed E-state index contributed by atoms with van der Waals surface area (Å²) >= 11 is 5.98. The van der Waals surface area contributed by atoms with Crippen LogP contribution in [0.5, 0.6) is 5.88 Å². The normalized spacial score (nSPS) is 11.9. The Bertz CT molecular complexity index is 531. The van der Waals surface area contributed by atoms with Gasteiger partial charge in [-0.3, -0.25) is 0 Å². The van der Waals surface area contributed by atoms with Gasteiger partial charge in [-0.1, -0.05) is 23.7 Å². The maximum absolute atomic E-state index is 5.98. The number of ether oxygens (including phenoxy) is 1. The molecule has 0 bridgehead atoms. The van der Waals surface area contributed by atoms with Crippen molar-refractivity contribution in [2.24, 2.45) is 0 Å². The first kappa shape index (κ1) is 12.7. The van der Waals surface area contributed by atoms with E-state index in [0.717, 1.165) is 16.3 Å². The van der Waals surface area contributed by atoms with Crippen molar-refractivity contribution >= 4 is 17.3 Å². The van der Waals surface area contributed by atoms with Crippen LogP contribution >= 0.6 is 11.6 Å². The molecule has 0 saturated carbocycles. The number of nitrogens with zero attached hydrogens (tertiary/aromatic N) is 1. The van der Waals surface area contributed by atoms with Gasteiger partial charge >= 0.3 is 0 Å². The number of pyridine rings is 1. The standard InChI is InChI=1S/C14H15ClN2O/c1-10(11-4-3-5-12(15)8-11)17-13-6-7-16-14(9-13)18-2/h3-10H,1-2H3,(H,16,17). The summed E-state index contributed by atoms with van der Waals surface area (Å²) in [7, 11) is 1.60. The number of hydrogen-bond donors (Lipinski definition) is 1. The van der Waals surface area contributed by atoms with E-state index < -0.39 is 0 Å². The largest absolute Gasteiger partial charge is 0.481 e. The first-order valence-electron chi connectivity index (χ1n) is 5.71. The van der Waals surface area contributed by atoms with Gasteiger partial charge < -0.3 is 10.1 Å². The van der Waals surface area contributed by atoms with Gasteiger partial charge in [0.1, 0.15) is 0 Å². The first-order valence-corrected chi connectivity index (χ1v) is 6.09. The summed E-state index contributed by atoms with van der Waals surface area (Å²) in [5.41, 5.74) is 2.10. The van der Waals surface area contributed by atoms with Gasteiger partial charge in [0.25, 0.3) is 0 Å². The molecule has 0 spiro atoms. The highest BCUT2D eigenvalue weighted by molar-refractivity contribution is 6.30. The molecule has 2 aromatic rings. The Labute approximate surface area is 112 Å². The lowest BCUT2D eigenvalue weighted by molar-refractivity contribution is 0.398. The van der Waals surface area contributed by atoms with Crippen LogP contribution in [-0.2, 0) is 0 Å². The van der Waals surface area contributed by atoms with Gasteiger partial charge in [0.15, 0.2) is 0 Å². The van der Waals surface area contributed by atoms with Gasteiger partial charge in [-0.25, -0.2) is 4.98 Å². The van der Waals surface area contributed by atoms with Crippen molar-refractivity contribution < 1.29 is 4.74 Å². The van der Waals surface area contributed by atoms with Crippen molar-refractivity contribution in [3.63, 3.8) is 0 Å². The molecule has 0 radical (unpaired) electrons. The number of methoxy groups -OCH3 is 1. The highest BCUT2D eigenvalue weighted by Gasteiger charge is 2.06. The SMILES string of the molecule is COc1cc(NC(C)c2cccc(Cl)c2)ccn1. The number of anilines is 1. The second-order valence-electron chi connectivity index (χ2n) is 4.01. The number of hydrogen-bond acceptors (Lipinski definition) is 3. The number of benzene rings is 1. The number of nitrogens with one attached hydrogen (secondary N) is 1. The monoisotopic (exact) mass is 262 g/mol. The van der Waals surface area contributed by atoms with Crippen LogP contribution < -0.4 is 10.1 Å². The van der Waals surface area contributed by atoms with Gasteiger partial charge in [-0.15, -0.1) is 0 Å². The van der Waals surface area contributed by atoms with Gasteiger partial charge in [-0.05, 0) is 30.7 Å². The molecule has 0 amide bonds. The zero-order chi connectivity index (χ0) is 13.0. The van der Waals surface area contributed by atoms with E-state index >= 15 is 0 Å². The summed E-state index contributed by atoms with van der Waals surface area (Å²) in [6.45, 7) is 2.08. The zero-order valence-electron chi connectivity index (χ0n) is 10.4. The Balaban J connectivity index is 2.13. The Morgan fingerprint density at radius 3 is 2.83 bits per heavy atom. The van der Waals surface area contributed by atoms with Crippen molar-refractivity contribution in [3.8, 4) is 5.88 Å². The lowest BCUT2D eigenvalue weighted by Crippen LogP contribution is -2.06. The van der Waals surface area contributed by atoms with E-state index in [1.165, 1.54) is 0 Å². The van der Waals surface area contributed by atoms with Crippen LogP contribution in [0.15, 0.2) is 42.6 Å². The van der Waals surface area contributed by atoms with Crippen LogP contribution in [-0.4, -0.2) is 12.1 Å². The Kier molecular flexibility index (Phi) is 4.05. The molecule has 18 heavy (non-hydrogen) atoms. The highest BCUT2D eigenvalue weighted by atomic mass is 35.5. The fourth-order valence-corrected chi connectivity index (χ4v) is 1.92. The number of halogens is 1. The second-order valence-corrected chi connectivity index (χ2v) is 4.44. The summed E-state index contributed by atoms with van der Waals surface area (Å²) in [5, 5.41) is 4.13. The fourth-order valence-electron chi connectivity index (χ4n) is 1.72. The zero-order valence-corrected chi connectivity index (χ0v) is 11.1. The van der Waals surface area contributed by atoms with Gasteiger partial charge in [0.05, 0.1) is 7.11 Å². The molecule has 1 unspecified atom stereocenters. The van der Waals surface area contributed by atoms with E-state index in [9.17, 15) is 0 Å². The molecule has 0 aliphatic rings. The minimum atomic E-state index is 0.163. The molecule has 1 heterocycles. The molecule has 0 saturated heterocycles. The average Bonchev–Trinajstić information content (AvgIpc) is 2.39. The van der Waals surface area contributed by atoms with Crippen LogP contribution in [0.3, 0.4) is 0 Å². The summed E-state index contributed by atoms with van der Waals surface area (Å²) in [4.78, 5) is 4.07. The van der Waals surface area contributed by atoms with E-state index in [2.05, 4.69) is 17.2 Å². The fraction of sp³-hybridized carbons (Fsp3) is 0.214. The van der Waals surface area contributed by atoms with Crippen molar-refractivity contribution in [1.82, 2.24) is 4.98 Å². The second kappa shape index (κ2) is 5.74. The Morgan fingerprint density at radius 1 is 1.28 bits per heavy atom. The molecule has 4 heteroatoms. The molecule has 1 aromatic heterocycles. The molecule has 0 fully saturated rings. The molecule has 94 valence electrons. The van der Waals surface area contributed by atoms with Gasteiger partial charge in [-0.2, -0.15) is 0 Å².